The summed E-state index contributed by atoms with van der Waals surface area (Å²) in [5.74, 6) is 2.71. The molecule has 8 atom stereocenters. The Morgan fingerprint density at radius 2 is 1.49 bits per heavy atom. The molecule has 1 saturated heterocycles. The van der Waals surface area contributed by atoms with Crippen molar-refractivity contribution in [1.29, 1.82) is 0 Å². The summed E-state index contributed by atoms with van der Waals surface area (Å²) in [7, 11) is 0. The first-order valence-corrected chi connectivity index (χ1v) is 16.4. The number of esters is 1. The minimum Gasteiger partial charge on any atom is -0.462 e. The third-order valence-electron chi connectivity index (χ3n) is 13.0. The normalized spacial score (nSPS) is 41.1. The Labute approximate surface area is 247 Å². The van der Waals surface area contributed by atoms with E-state index in [1.807, 2.05) is 0 Å². The summed E-state index contributed by atoms with van der Waals surface area (Å²) in [6, 6.07) is 22.0. The van der Waals surface area contributed by atoms with E-state index in [-0.39, 0.29) is 28.7 Å². The molecule has 2 aromatic carbocycles. The van der Waals surface area contributed by atoms with Crippen molar-refractivity contribution in [2.24, 2.45) is 34.5 Å². The predicted molar refractivity (Wildman–Crippen MR) is 163 cm³/mol. The molecule has 0 spiro atoms. The fourth-order valence-electron chi connectivity index (χ4n) is 11.1. The molecule has 0 radical (unpaired) electrons. The van der Waals surface area contributed by atoms with Gasteiger partial charge in [-0.25, -0.2) is 0 Å². The molecule has 3 nitrogen and oxygen atoms in total. The molecule has 1 heterocycles. The summed E-state index contributed by atoms with van der Waals surface area (Å²) >= 11 is 0. The van der Waals surface area contributed by atoms with Crippen LogP contribution < -0.4 is 0 Å². The van der Waals surface area contributed by atoms with Gasteiger partial charge in [0, 0.05) is 13.3 Å². The number of hydrogen-bond acceptors (Lipinski definition) is 3. The highest BCUT2D eigenvalue weighted by molar-refractivity contribution is 5.66. The van der Waals surface area contributed by atoms with Gasteiger partial charge in [0.05, 0.1) is 5.60 Å². The highest BCUT2D eigenvalue weighted by Gasteiger charge is 2.64. The molecule has 0 bridgehead atoms. The van der Waals surface area contributed by atoms with Crippen LogP contribution in [-0.4, -0.2) is 17.7 Å². The molecule has 7 rings (SSSR count). The first kappa shape index (κ1) is 27.4. The number of fused-ring (bicyclic) bond motifs is 5. The fourth-order valence-corrected chi connectivity index (χ4v) is 11.1. The van der Waals surface area contributed by atoms with Crippen molar-refractivity contribution in [3.8, 4) is 0 Å². The predicted octanol–water partition coefficient (Wildman–Crippen LogP) is 9.01. The molecular formula is C38H48O3. The van der Waals surface area contributed by atoms with Crippen molar-refractivity contribution in [3.63, 3.8) is 0 Å². The van der Waals surface area contributed by atoms with Crippen molar-refractivity contribution >= 4 is 5.97 Å². The summed E-state index contributed by atoms with van der Waals surface area (Å²) < 4.78 is 13.2. The van der Waals surface area contributed by atoms with E-state index in [2.05, 4.69) is 87.5 Å². The summed E-state index contributed by atoms with van der Waals surface area (Å²) in [5.41, 5.74) is 4.24. The topological polar surface area (TPSA) is 35.5 Å². The molecule has 0 unspecified atom stereocenters. The van der Waals surface area contributed by atoms with Crippen molar-refractivity contribution < 1.29 is 14.3 Å². The van der Waals surface area contributed by atoms with Gasteiger partial charge in [0.2, 0.25) is 0 Å². The van der Waals surface area contributed by atoms with Crippen LogP contribution in [0.4, 0.5) is 0 Å². The lowest BCUT2D eigenvalue weighted by Gasteiger charge is -2.59. The highest BCUT2D eigenvalue weighted by atomic mass is 16.5. The van der Waals surface area contributed by atoms with Crippen LogP contribution in [0, 0.1) is 34.5 Å². The Balaban J connectivity index is 1.17. The Bertz CT molecular complexity index is 1280. The Morgan fingerprint density at radius 1 is 0.805 bits per heavy atom. The maximum Gasteiger partial charge on any atom is 0.302 e. The standard InChI is InChI=1S/C38H48O3/c1-26(39)40-30-19-21-35(2)29(25-30)15-16-31-32-17-18-34(36(32,3)22-20-33(31)35)37(4)23-24-38(41-37,27-11-7-5-8-12-27)28-13-9-6-10-14-28/h5-15,30-34H,16-25H2,1-4H3/t30-,31+,32+,33+,34+,35+,36+,37+/m1/s1. The van der Waals surface area contributed by atoms with Crippen molar-refractivity contribution in [2.45, 2.75) is 109 Å². The van der Waals surface area contributed by atoms with Crippen LogP contribution in [0.15, 0.2) is 72.3 Å². The average molecular weight is 553 g/mol. The van der Waals surface area contributed by atoms with E-state index in [9.17, 15) is 4.79 Å². The van der Waals surface area contributed by atoms with E-state index in [4.69, 9.17) is 9.47 Å². The van der Waals surface area contributed by atoms with Gasteiger partial charge >= 0.3 is 5.97 Å². The summed E-state index contributed by atoms with van der Waals surface area (Å²) in [5, 5.41) is 0. The Hall–Kier alpha value is -2.39. The zero-order chi connectivity index (χ0) is 28.5. The number of allylic oxidation sites excluding steroid dienone is 1. The first-order valence-electron chi connectivity index (χ1n) is 16.4. The average Bonchev–Trinajstić information content (AvgIpc) is 3.53. The Morgan fingerprint density at radius 3 is 2.15 bits per heavy atom. The van der Waals surface area contributed by atoms with Gasteiger partial charge in [0.15, 0.2) is 0 Å². The number of hydrogen-bond donors (Lipinski definition) is 0. The van der Waals surface area contributed by atoms with Crippen LogP contribution in [-0.2, 0) is 19.9 Å². The molecule has 3 heteroatoms. The third-order valence-corrected chi connectivity index (χ3v) is 13.0. The number of carbonyl (C=O) groups excluding carboxylic acids is 1. The highest BCUT2D eigenvalue weighted by Crippen LogP contribution is 2.69. The number of benzene rings is 2. The van der Waals surface area contributed by atoms with Gasteiger partial charge in [-0.15, -0.1) is 0 Å². The van der Waals surface area contributed by atoms with Gasteiger partial charge in [-0.1, -0.05) is 86.2 Å². The molecule has 2 aromatic rings. The summed E-state index contributed by atoms with van der Waals surface area (Å²) in [6.45, 7) is 9.20. The maximum absolute atomic E-state index is 11.7. The largest absolute Gasteiger partial charge is 0.462 e. The van der Waals surface area contributed by atoms with Gasteiger partial charge in [-0.3, -0.25) is 4.79 Å². The van der Waals surface area contributed by atoms with Gasteiger partial charge in [0.1, 0.15) is 11.7 Å². The van der Waals surface area contributed by atoms with Crippen LogP contribution in [0.1, 0.15) is 103 Å². The molecule has 41 heavy (non-hydrogen) atoms. The fraction of sp³-hybridized carbons (Fsp3) is 0.605. The van der Waals surface area contributed by atoms with E-state index < -0.39 is 0 Å². The van der Waals surface area contributed by atoms with Crippen molar-refractivity contribution in [3.05, 3.63) is 83.4 Å². The molecule has 0 amide bonds. The molecule has 3 saturated carbocycles. The van der Waals surface area contributed by atoms with E-state index in [1.54, 1.807) is 12.5 Å². The van der Waals surface area contributed by atoms with Gasteiger partial charge in [-0.2, -0.15) is 0 Å². The molecule has 1 aliphatic heterocycles. The summed E-state index contributed by atoms with van der Waals surface area (Å²) in [6.07, 6.45) is 14.3. The molecule has 0 N–H and O–H groups in total. The SMILES string of the molecule is CC(=O)O[C@@H]1CC[C@@]2(C)C(=CC[C@H]3[C@@H]4CC[C@H]([C@]5(C)CCC(c6ccccc6)(c6ccccc6)O5)[C@@]4(C)CC[C@@H]32)C1. The zero-order valence-electron chi connectivity index (χ0n) is 25.5. The molecular weight excluding hydrogens is 504 g/mol. The molecule has 0 aromatic heterocycles. The second-order valence-electron chi connectivity index (χ2n) is 14.9. The van der Waals surface area contributed by atoms with E-state index in [0.29, 0.717) is 11.3 Å². The zero-order valence-corrected chi connectivity index (χ0v) is 25.5. The Kier molecular flexibility index (Phi) is 6.58. The molecule has 218 valence electrons. The van der Waals surface area contributed by atoms with E-state index in [0.717, 1.165) is 49.9 Å². The number of carbonyl (C=O) groups is 1. The summed E-state index contributed by atoms with van der Waals surface area (Å²) in [4.78, 5) is 11.7. The van der Waals surface area contributed by atoms with Gasteiger partial charge < -0.3 is 9.47 Å². The van der Waals surface area contributed by atoms with Crippen LogP contribution in [0.25, 0.3) is 0 Å². The molecule has 4 fully saturated rings. The van der Waals surface area contributed by atoms with Gasteiger partial charge in [0.25, 0.3) is 0 Å². The van der Waals surface area contributed by atoms with Crippen molar-refractivity contribution in [2.75, 3.05) is 0 Å². The lowest BCUT2D eigenvalue weighted by Crippen LogP contribution is -2.53. The third kappa shape index (κ3) is 4.20. The molecule has 4 aliphatic carbocycles. The van der Waals surface area contributed by atoms with Crippen LogP contribution in [0.3, 0.4) is 0 Å². The van der Waals surface area contributed by atoms with E-state index in [1.165, 1.54) is 43.2 Å². The minimum atomic E-state index is -0.376. The lowest BCUT2D eigenvalue weighted by atomic mass is 9.46. The van der Waals surface area contributed by atoms with E-state index >= 15 is 0 Å². The maximum atomic E-state index is 11.7. The number of rotatable bonds is 4. The lowest BCUT2D eigenvalue weighted by molar-refractivity contribution is -0.153. The van der Waals surface area contributed by atoms with Crippen LogP contribution in [0.5, 0.6) is 0 Å². The number of ether oxygens (including phenoxy) is 2. The van der Waals surface area contributed by atoms with Crippen molar-refractivity contribution in [1.82, 2.24) is 0 Å². The first-order chi connectivity index (χ1) is 19.7. The molecule has 5 aliphatic rings. The van der Waals surface area contributed by atoms with Crippen LogP contribution >= 0.6 is 0 Å². The smallest absolute Gasteiger partial charge is 0.302 e. The minimum absolute atomic E-state index is 0.0713. The second kappa shape index (κ2) is 9.83. The second-order valence-corrected chi connectivity index (χ2v) is 14.9. The van der Waals surface area contributed by atoms with Gasteiger partial charge in [-0.05, 0) is 110 Å². The van der Waals surface area contributed by atoms with Crippen LogP contribution in [0.2, 0.25) is 0 Å². The monoisotopic (exact) mass is 552 g/mol. The quantitative estimate of drug-likeness (QED) is 0.280.